The van der Waals surface area contributed by atoms with Crippen LogP contribution in [0.1, 0.15) is 17.5 Å². The Hall–Kier alpha value is -1.39. The second-order valence-electron chi connectivity index (χ2n) is 4.25. The number of anilines is 1. The van der Waals surface area contributed by atoms with E-state index in [4.69, 9.17) is 10.5 Å². The summed E-state index contributed by atoms with van der Waals surface area (Å²) in [6.45, 7) is 4.47. The van der Waals surface area contributed by atoms with Crippen molar-refractivity contribution in [2.24, 2.45) is 5.73 Å². The molecule has 1 atom stereocenters. The van der Waals surface area contributed by atoms with Gasteiger partial charge in [-0.25, -0.2) is 0 Å². The maximum Gasteiger partial charge on any atom is 0.241 e. The van der Waals surface area contributed by atoms with Gasteiger partial charge in [0.1, 0.15) is 0 Å². The number of carbonyl (C=O) groups excluding carboxylic acids is 1. The third kappa shape index (κ3) is 4.54. The molecule has 0 saturated carbocycles. The number of benzene rings is 1. The molecule has 1 aromatic carbocycles. The Bertz CT molecular complexity index is 371. The molecule has 0 aliphatic carbocycles. The summed E-state index contributed by atoms with van der Waals surface area (Å²) in [5.41, 5.74) is 8.76. The number of ether oxygens (including phenoxy) is 1. The SMILES string of the molecule is COCCC(N)C(=O)Nc1cc(C)cc(C)c1. The predicted octanol–water partition coefficient (Wildman–Crippen LogP) is 1.61. The number of aryl methyl sites for hydroxylation is 2. The Kier molecular flexibility index (Phi) is 5.12. The summed E-state index contributed by atoms with van der Waals surface area (Å²) in [5, 5.41) is 2.81. The average Bonchev–Trinajstić information content (AvgIpc) is 2.24. The lowest BCUT2D eigenvalue weighted by molar-refractivity contribution is -0.117. The Morgan fingerprint density at radius 2 is 1.94 bits per heavy atom. The fourth-order valence-corrected chi connectivity index (χ4v) is 1.66. The number of carbonyl (C=O) groups is 1. The van der Waals surface area contributed by atoms with Crippen molar-refractivity contribution in [3.63, 3.8) is 0 Å². The van der Waals surface area contributed by atoms with E-state index in [1.54, 1.807) is 7.11 Å². The van der Waals surface area contributed by atoms with Gasteiger partial charge in [-0.3, -0.25) is 4.79 Å². The first-order valence-electron chi connectivity index (χ1n) is 5.66. The van der Waals surface area contributed by atoms with Crippen LogP contribution in [0.5, 0.6) is 0 Å². The van der Waals surface area contributed by atoms with E-state index in [-0.39, 0.29) is 5.91 Å². The Balaban J connectivity index is 2.61. The van der Waals surface area contributed by atoms with E-state index >= 15 is 0 Å². The summed E-state index contributed by atoms with van der Waals surface area (Å²) in [5.74, 6) is -0.174. The highest BCUT2D eigenvalue weighted by Gasteiger charge is 2.13. The number of nitrogens with one attached hydrogen (secondary N) is 1. The number of nitrogens with two attached hydrogens (primary N) is 1. The molecule has 0 fully saturated rings. The van der Waals surface area contributed by atoms with Crippen molar-refractivity contribution < 1.29 is 9.53 Å². The van der Waals surface area contributed by atoms with Crippen LogP contribution in [0, 0.1) is 13.8 Å². The molecule has 0 heterocycles. The minimum absolute atomic E-state index is 0.174. The smallest absolute Gasteiger partial charge is 0.241 e. The van der Waals surface area contributed by atoms with Gasteiger partial charge in [0, 0.05) is 19.4 Å². The van der Waals surface area contributed by atoms with E-state index in [9.17, 15) is 4.79 Å². The second kappa shape index (κ2) is 6.37. The van der Waals surface area contributed by atoms with Gasteiger partial charge in [0.25, 0.3) is 0 Å². The van der Waals surface area contributed by atoms with Gasteiger partial charge in [0.15, 0.2) is 0 Å². The van der Waals surface area contributed by atoms with Gasteiger partial charge >= 0.3 is 0 Å². The van der Waals surface area contributed by atoms with Crippen molar-refractivity contribution >= 4 is 11.6 Å². The first-order valence-corrected chi connectivity index (χ1v) is 5.66. The Labute approximate surface area is 102 Å². The fourth-order valence-electron chi connectivity index (χ4n) is 1.66. The topological polar surface area (TPSA) is 64.3 Å². The molecule has 1 rings (SSSR count). The van der Waals surface area contributed by atoms with Crippen molar-refractivity contribution in [1.29, 1.82) is 0 Å². The molecule has 94 valence electrons. The van der Waals surface area contributed by atoms with Gasteiger partial charge in [-0.05, 0) is 43.5 Å². The van der Waals surface area contributed by atoms with Gasteiger partial charge in [0.2, 0.25) is 5.91 Å². The normalized spacial score (nSPS) is 12.2. The standard InChI is InChI=1S/C13H20N2O2/c1-9-6-10(2)8-11(7-9)15-13(16)12(14)4-5-17-3/h6-8,12H,4-5,14H2,1-3H3,(H,15,16). The number of hydrogen-bond acceptors (Lipinski definition) is 3. The highest BCUT2D eigenvalue weighted by atomic mass is 16.5. The molecule has 17 heavy (non-hydrogen) atoms. The maximum atomic E-state index is 11.7. The molecule has 0 spiro atoms. The highest BCUT2D eigenvalue weighted by molar-refractivity contribution is 5.94. The van der Waals surface area contributed by atoms with Crippen LogP contribution in [0.3, 0.4) is 0 Å². The molecule has 1 unspecified atom stereocenters. The zero-order valence-electron chi connectivity index (χ0n) is 10.6. The van der Waals surface area contributed by atoms with E-state index in [1.165, 1.54) is 0 Å². The summed E-state index contributed by atoms with van der Waals surface area (Å²) in [4.78, 5) is 11.7. The highest BCUT2D eigenvalue weighted by Crippen LogP contribution is 2.14. The van der Waals surface area contributed by atoms with Crippen molar-refractivity contribution in [1.82, 2.24) is 0 Å². The summed E-state index contributed by atoms with van der Waals surface area (Å²) < 4.78 is 4.89. The minimum atomic E-state index is -0.532. The van der Waals surface area contributed by atoms with Crippen LogP contribution in [-0.4, -0.2) is 25.7 Å². The monoisotopic (exact) mass is 236 g/mol. The van der Waals surface area contributed by atoms with Crippen LogP contribution in [0.2, 0.25) is 0 Å². The Morgan fingerprint density at radius 1 is 1.35 bits per heavy atom. The van der Waals surface area contributed by atoms with Crippen molar-refractivity contribution in [3.05, 3.63) is 29.3 Å². The zero-order chi connectivity index (χ0) is 12.8. The van der Waals surface area contributed by atoms with Crippen LogP contribution in [0.4, 0.5) is 5.69 Å². The van der Waals surface area contributed by atoms with Crippen molar-refractivity contribution in [2.45, 2.75) is 26.3 Å². The van der Waals surface area contributed by atoms with Gasteiger partial charge in [-0.2, -0.15) is 0 Å². The van der Waals surface area contributed by atoms with Crippen LogP contribution < -0.4 is 11.1 Å². The molecular weight excluding hydrogens is 216 g/mol. The number of rotatable bonds is 5. The van der Waals surface area contributed by atoms with E-state index in [0.717, 1.165) is 16.8 Å². The van der Waals surface area contributed by atoms with E-state index in [2.05, 4.69) is 11.4 Å². The van der Waals surface area contributed by atoms with E-state index in [0.29, 0.717) is 13.0 Å². The van der Waals surface area contributed by atoms with Crippen LogP contribution in [-0.2, 0) is 9.53 Å². The molecule has 0 saturated heterocycles. The van der Waals surface area contributed by atoms with Gasteiger partial charge < -0.3 is 15.8 Å². The van der Waals surface area contributed by atoms with Gasteiger partial charge in [-0.15, -0.1) is 0 Å². The van der Waals surface area contributed by atoms with E-state index in [1.807, 2.05) is 26.0 Å². The average molecular weight is 236 g/mol. The molecule has 0 bridgehead atoms. The molecule has 4 nitrogen and oxygen atoms in total. The number of hydrogen-bond donors (Lipinski definition) is 2. The van der Waals surface area contributed by atoms with Crippen molar-refractivity contribution in [2.75, 3.05) is 19.0 Å². The molecular formula is C13H20N2O2. The largest absolute Gasteiger partial charge is 0.385 e. The molecule has 1 aromatic rings. The quantitative estimate of drug-likeness (QED) is 0.816. The summed E-state index contributed by atoms with van der Waals surface area (Å²) >= 11 is 0. The minimum Gasteiger partial charge on any atom is -0.385 e. The number of methoxy groups -OCH3 is 1. The lowest BCUT2D eigenvalue weighted by atomic mass is 10.1. The molecule has 0 aromatic heterocycles. The number of amides is 1. The molecule has 4 heteroatoms. The zero-order valence-corrected chi connectivity index (χ0v) is 10.6. The predicted molar refractivity (Wildman–Crippen MR) is 69.0 cm³/mol. The molecule has 3 N–H and O–H groups in total. The van der Waals surface area contributed by atoms with Crippen molar-refractivity contribution in [3.8, 4) is 0 Å². The van der Waals surface area contributed by atoms with Crippen LogP contribution in [0.15, 0.2) is 18.2 Å². The lowest BCUT2D eigenvalue weighted by Gasteiger charge is -2.12. The first kappa shape index (κ1) is 13.7. The second-order valence-corrected chi connectivity index (χ2v) is 4.25. The molecule has 0 radical (unpaired) electrons. The molecule has 1 amide bonds. The van der Waals surface area contributed by atoms with E-state index < -0.39 is 6.04 Å². The third-order valence-corrected chi connectivity index (χ3v) is 2.46. The lowest BCUT2D eigenvalue weighted by Crippen LogP contribution is -2.36. The molecule has 0 aliphatic heterocycles. The maximum absolute atomic E-state index is 11.7. The van der Waals surface area contributed by atoms with Crippen LogP contribution in [0.25, 0.3) is 0 Å². The summed E-state index contributed by atoms with van der Waals surface area (Å²) in [6, 6.07) is 5.37. The van der Waals surface area contributed by atoms with Gasteiger partial charge in [0.05, 0.1) is 6.04 Å². The van der Waals surface area contributed by atoms with Gasteiger partial charge in [-0.1, -0.05) is 6.07 Å². The summed E-state index contributed by atoms with van der Waals surface area (Å²) in [6.07, 6.45) is 0.521. The summed E-state index contributed by atoms with van der Waals surface area (Å²) in [7, 11) is 1.59. The molecule has 0 aliphatic rings. The van der Waals surface area contributed by atoms with Crippen LogP contribution >= 0.6 is 0 Å². The fraction of sp³-hybridized carbons (Fsp3) is 0.462. The third-order valence-electron chi connectivity index (χ3n) is 2.46. The Morgan fingerprint density at radius 3 is 2.47 bits per heavy atom. The first-order chi connectivity index (χ1) is 8.02.